The van der Waals surface area contributed by atoms with Crippen LogP contribution in [0.4, 0.5) is 0 Å². The first-order chi connectivity index (χ1) is 21.4. The smallest absolute Gasteiger partial charge is 0.343 e. The second-order valence-corrected chi connectivity index (χ2v) is 11.0. The van der Waals surface area contributed by atoms with Crippen LogP contribution in [0.1, 0.15) is 53.3 Å². The molecule has 9 heteroatoms. The summed E-state index contributed by atoms with van der Waals surface area (Å²) in [4.78, 5) is 39.2. The highest BCUT2D eigenvalue weighted by molar-refractivity contribution is 9.08. The van der Waals surface area contributed by atoms with E-state index in [4.69, 9.17) is 30.5 Å². The van der Waals surface area contributed by atoms with E-state index in [1.165, 1.54) is 6.07 Å². The molecule has 0 saturated carbocycles. The number of carbonyl (C=O) groups is 3. The maximum atomic E-state index is 13.3. The average molecular weight is 668 g/mol. The Morgan fingerprint density at radius 3 is 2.00 bits per heavy atom. The summed E-state index contributed by atoms with van der Waals surface area (Å²) in [7, 11) is 0. The van der Waals surface area contributed by atoms with Crippen molar-refractivity contribution in [1.82, 2.24) is 0 Å². The van der Waals surface area contributed by atoms with Crippen molar-refractivity contribution in [2.45, 2.75) is 10.9 Å². The molecule has 7 rings (SSSR count). The molecule has 1 atom stereocenters. The van der Waals surface area contributed by atoms with Crippen LogP contribution in [0.2, 0.25) is 5.02 Å². The number of carbonyl (C=O) groups excluding carboxylic acids is 3. The van der Waals surface area contributed by atoms with Gasteiger partial charge >= 0.3 is 17.9 Å². The van der Waals surface area contributed by atoms with E-state index < -0.39 is 23.5 Å². The summed E-state index contributed by atoms with van der Waals surface area (Å²) in [5.74, 6) is -0.783. The quantitative estimate of drug-likeness (QED) is 0.106. The molecule has 216 valence electrons. The van der Waals surface area contributed by atoms with Gasteiger partial charge in [-0.25, -0.2) is 14.4 Å². The van der Waals surface area contributed by atoms with E-state index in [2.05, 4.69) is 15.9 Å². The van der Waals surface area contributed by atoms with Gasteiger partial charge in [0.15, 0.2) is 11.4 Å². The van der Waals surface area contributed by atoms with Gasteiger partial charge in [-0.2, -0.15) is 0 Å². The second kappa shape index (κ2) is 11.0. The van der Waals surface area contributed by atoms with Gasteiger partial charge in [-0.15, -0.1) is 0 Å². The molecule has 0 bridgehead atoms. The number of ether oxygens (including phenoxy) is 4. The Kier molecular flexibility index (Phi) is 6.95. The molecule has 1 spiro atoms. The summed E-state index contributed by atoms with van der Waals surface area (Å²) in [6.07, 6.45) is 0. The fraction of sp³-hybridized carbons (Fsp3) is 0.0571. The van der Waals surface area contributed by atoms with E-state index in [0.29, 0.717) is 44.7 Å². The van der Waals surface area contributed by atoms with Gasteiger partial charge in [0.25, 0.3) is 0 Å². The van der Waals surface area contributed by atoms with E-state index in [-0.39, 0.29) is 27.6 Å². The van der Waals surface area contributed by atoms with E-state index in [0.717, 1.165) is 0 Å². The van der Waals surface area contributed by atoms with E-state index in [9.17, 15) is 14.4 Å². The number of hydrogen-bond donors (Lipinski definition) is 0. The van der Waals surface area contributed by atoms with E-state index in [1.54, 1.807) is 84.9 Å². The van der Waals surface area contributed by atoms with Gasteiger partial charge in [-0.05, 0) is 48.5 Å². The van der Waals surface area contributed by atoms with Crippen molar-refractivity contribution in [2.24, 2.45) is 0 Å². The van der Waals surface area contributed by atoms with Crippen molar-refractivity contribution in [3.8, 4) is 23.0 Å². The first-order valence-corrected chi connectivity index (χ1v) is 15.0. The molecule has 0 aliphatic carbocycles. The fourth-order valence-electron chi connectivity index (χ4n) is 5.54. The second-order valence-electron chi connectivity index (χ2n) is 10.1. The summed E-state index contributed by atoms with van der Waals surface area (Å²) >= 11 is 10.2. The Morgan fingerprint density at radius 2 is 1.34 bits per heavy atom. The number of fused-ring (bicyclic) bond motifs is 6. The highest BCUT2D eigenvalue weighted by Crippen LogP contribution is 2.59. The number of rotatable bonds is 5. The fourth-order valence-corrected chi connectivity index (χ4v) is 6.27. The van der Waals surface area contributed by atoms with Crippen LogP contribution in [0.15, 0.2) is 109 Å². The molecule has 2 heterocycles. The molecule has 1 unspecified atom stereocenters. The summed E-state index contributed by atoms with van der Waals surface area (Å²) in [5.41, 5.74) is 1.74. The lowest BCUT2D eigenvalue weighted by Gasteiger charge is -2.37. The Hall–Kier alpha value is -4.92. The predicted octanol–water partition coefficient (Wildman–Crippen LogP) is 8.24. The molecular weight excluding hydrogens is 648 g/mol. The lowest BCUT2D eigenvalue weighted by Crippen LogP contribution is -2.33. The number of hydrogen-bond acceptors (Lipinski definition) is 7. The minimum atomic E-state index is -1.44. The van der Waals surface area contributed by atoms with Gasteiger partial charge in [-0.1, -0.05) is 82.1 Å². The van der Waals surface area contributed by atoms with Crippen molar-refractivity contribution in [1.29, 1.82) is 0 Å². The third-order valence-corrected chi connectivity index (χ3v) is 8.41. The summed E-state index contributed by atoms with van der Waals surface area (Å²) in [5, 5.41) is 0.354. The zero-order valence-corrected chi connectivity index (χ0v) is 25.1. The number of benzene rings is 5. The van der Waals surface area contributed by atoms with Crippen LogP contribution in [-0.2, 0) is 15.7 Å². The van der Waals surface area contributed by atoms with Crippen LogP contribution >= 0.6 is 27.5 Å². The molecule has 2 aliphatic rings. The topological polar surface area (TPSA) is 88.1 Å². The molecule has 0 aromatic heterocycles. The molecule has 44 heavy (non-hydrogen) atoms. The van der Waals surface area contributed by atoms with Gasteiger partial charge < -0.3 is 18.9 Å². The lowest BCUT2D eigenvalue weighted by atomic mass is 9.77. The zero-order valence-electron chi connectivity index (χ0n) is 22.7. The zero-order chi connectivity index (χ0) is 30.4. The minimum absolute atomic E-state index is 0.0579. The Bertz CT molecular complexity index is 1980. The van der Waals surface area contributed by atoms with Gasteiger partial charge in [0, 0.05) is 33.7 Å². The first-order valence-electron chi connectivity index (χ1n) is 13.5. The molecule has 0 amide bonds. The molecule has 2 aliphatic heterocycles. The normalized spacial score (nSPS) is 15.8. The van der Waals surface area contributed by atoms with Crippen LogP contribution < -0.4 is 14.2 Å². The van der Waals surface area contributed by atoms with Crippen LogP contribution in [0, 0.1) is 0 Å². The lowest BCUT2D eigenvalue weighted by molar-refractivity contribution is 0.0223. The van der Waals surface area contributed by atoms with Crippen LogP contribution in [0.3, 0.4) is 0 Å². The molecule has 5 aromatic rings. The maximum absolute atomic E-state index is 13.3. The molecule has 0 fully saturated rings. The molecular formula is C35H20BrClO7. The monoisotopic (exact) mass is 666 g/mol. The van der Waals surface area contributed by atoms with Crippen LogP contribution in [0.5, 0.6) is 23.0 Å². The van der Waals surface area contributed by atoms with Crippen molar-refractivity contribution in [3.05, 3.63) is 153 Å². The third-order valence-electron chi connectivity index (χ3n) is 7.55. The first kappa shape index (κ1) is 27.9. The standard InChI is InChI=1S/C35H20BrClO7/c36-19-23-28(42-32(38)20-9-3-1-4-10-20)16-15-25-31(23)41-29-18-30(43-33(39)21-11-5-2-6-12-21)27(37)17-26(29)35(25)24-14-8-7-13-22(24)34(40)44-35/h1-18H,19H2. The largest absolute Gasteiger partial charge is 0.456 e. The SMILES string of the molecule is O=C(Oc1cc2c(cc1Cl)C1(OC(=O)c3ccccc31)c1ccc(OC(=O)c3ccccc3)c(CBr)c1O2)c1ccccc1. The molecule has 0 radical (unpaired) electrons. The van der Waals surface area contributed by atoms with Crippen molar-refractivity contribution in [3.63, 3.8) is 0 Å². The highest BCUT2D eigenvalue weighted by atomic mass is 79.9. The molecule has 5 aromatic carbocycles. The van der Waals surface area contributed by atoms with Crippen LogP contribution in [0.25, 0.3) is 0 Å². The summed E-state index contributed by atoms with van der Waals surface area (Å²) in [6.45, 7) is 0. The van der Waals surface area contributed by atoms with Crippen molar-refractivity contribution in [2.75, 3.05) is 0 Å². The van der Waals surface area contributed by atoms with Gasteiger partial charge in [0.2, 0.25) is 0 Å². The molecule has 0 saturated heterocycles. The Labute approximate surface area is 265 Å². The number of halogens is 2. The minimum Gasteiger partial charge on any atom is -0.456 e. The van der Waals surface area contributed by atoms with E-state index >= 15 is 0 Å². The average Bonchev–Trinajstić information content (AvgIpc) is 3.35. The van der Waals surface area contributed by atoms with Crippen molar-refractivity contribution < 1.29 is 33.3 Å². The predicted molar refractivity (Wildman–Crippen MR) is 165 cm³/mol. The highest BCUT2D eigenvalue weighted by Gasteiger charge is 2.54. The van der Waals surface area contributed by atoms with Gasteiger partial charge in [0.05, 0.1) is 21.7 Å². The van der Waals surface area contributed by atoms with Gasteiger partial charge in [-0.3, -0.25) is 0 Å². The molecule has 7 nitrogen and oxygen atoms in total. The Balaban J connectivity index is 1.39. The number of esters is 3. The Morgan fingerprint density at radius 1 is 0.727 bits per heavy atom. The number of alkyl halides is 1. The molecule has 0 N–H and O–H groups in total. The maximum Gasteiger partial charge on any atom is 0.343 e. The van der Waals surface area contributed by atoms with Crippen LogP contribution in [-0.4, -0.2) is 17.9 Å². The summed E-state index contributed by atoms with van der Waals surface area (Å²) < 4.78 is 24.2. The van der Waals surface area contributed by atoms with E-state index in [1.807, 2.05) is 18.2 Å². The van der Waals surface area contributed by atoms with Crippen molar-refractivity contribution >= 4 is 45.4 Å². The van der Waals surface area contributed by atoms with Gasteiger partial charge in [0.1, 0.15) is 17.2 Å². The third kappa shape index (κ3) is 4.46. The summed E-state index contributed by atoms with van der Waals surface area (Å²) in [6, 6.07) is 30.7.